The maximum atomic E-state index is 15.7. The number of halogens is 5. The van der Waals surface area contributed by atoms with Crippen LogP contribution in [0.15, 0.2) is 108 Å². The van der Waals surface area contributed by atoms with E-state index in [0.29, 0.717) is 46.6 Å². The van der Waals surface area contributed by atoms with E-state index >= 15 is 4.39 Å². The smallest absolute Gasteiger partial charge is 0.419 e. The largest absolute Gasteiger partial charge is 0.490 e. The molecule has 1 aromatic heterocycles. The molecule has 43 heavy (non-hydrogen) atoms. The number of pyridine rings is 1. The molecule has 1 aliphatic rings. The molecule has 218 valence electrons. The molecule has 0 radical (unpaired) electrons. The zero-order valence-corrected chi connectivity index (χ0v) is 22.8. The van der Waals surface area contributed by atoms with Crippen LogP contribution in [0.4, 0.5) is 27.6 Å². The summed E-state index contributed by atoms with van der Waals surface area (Å²) < 4.78 is 74.0. The van der Waals surface area contributed by atoms with Crippen LogP contribution in [0.5, 0.6) is 5.75 Å². The summed E-state index contributed by atoms with van der Waals surface area (Å²) in [6, 6.07) is 25.2. The average Bonchev–Trinajstić information content (AvgIpc) is 2.99. The number of nitrogens with zero attached hydrogens (tertiary/aromatic N) is 2. The van der Waals surface area contributed by atoms with Gasteiger partial charge >= 0.3 is 6.18 Å². The second-order valence-electron chi connectivity index (χ2n) is 10.4. The van der Waals surface area contributed by atoms with Crippen LogP contribution in [-0.4, -0.2) is 22.8 Å². The molecule has 0 aliphatic heterocycles. The lowest BCUT2D eigenvalue weighted by atomic mass is 9.88. The van der Waals surface area contributed by atoms with Gasteiger partial charge in [-0.3, -0.25) is 4.98 Å². The van der Waals surface area contributed by atoms with Crippen LogP contribution in [-0.2, 0) is 12.7 Å². The Bertz CT molecular complexity index is 1730. The summed E-state index contributed by atoms with van der Waals surface area (Å²) in [7, 11) is 0. The molecule has 0 bridgehead atoms. The zero-order chi connectivity index (χ0) is 30.0. The minimum Gasteiger partial charge on any atom is -0.490 e. The maximum Gasteiger partial charge on any atom is 0.419 e. The molecule has 1 fully saturated rings. The lowest BCUT2D eigenvalue weighted by molar-refractivity contribution is -0.140. The van der Waals surface area contributed by atoms with Crippen molar-refractivity contribution in [2.24, 2.45) is 4.99 Å². The average molecular weight is 588 g/mol. The van der Waals surface area contributed by atoms with Crippen molar-refractivity contribution in [2.75, 3.05) is 0 Å². The molecule has 1 saturated carbocycles. The Balaban J connectivity index is 1.20. The minimum absolute atomic E-state index is 0.0238. The Morgan fingerprint density at radius 3 is 2.16 bits per heavy atom. The van der Waals surface area contributed by atoms with Crippen LogP contribution in [0.25, 0.3) is 10.8 Å². The van der Waals surface area contributed by atoms with Gasteiger partial charge in [0, 0.05) is 53.1 Å². The Morgan fingerprint density at radius 1 is 0.837 bits per heavy atom. The van der Waals surface area contributed by atoms with Crippen molar-refractivity contribution < 1.29 is 26.7 Å². The third kappa shape index (κ3) is 6.27. The van der Waals surface area contributed by atoms with Gasteiger partial charge in [0.05, 0.1) is 17.0 Å². The summed E-state index contributed by atoms with van der Waals surface area (Å²) in [6.07, 6.45) is -0.823. The van der Waals surface area contributed by atoms with Gasteiger partial charge < -0.3 is 10.1 Å². The van der Waals surface area contributed by atoms with E-state index in [1.165, 1.54) is 12.1 Å². The molecule has 0 amide bonds. The number of benzene rings is 4. The summed E-state index contributed by atoms with van der Waals surface area (Å²) in [6.45, 7) is 0.229. The fourth-order valence-corrected chi connectivity index (χ4v) is 5.22. The first-order chi connectivity index (χ1) is 20.8. The molecular weight excluding hydrogens is 561 g/mol. The number of rotatable bonds is 8. The number of aliphatic imine (C=N–C) groups is 1. The number of aromatic nitrogens is 1. The van der Waals surface area contributed by atoms with Gasteiger partial charge in [-0.05, 0) is 42.5 Å². The summed E-state index contributed by atoms with van der Waals surface area (Å²) in [5.41, 5.74) is 2.07. The van der Waals surface area contributed by atoms with E-state index in [2.05, 4.69) is 10.3 Å². The highest BCUT2D eigenvalue weighted by Gasteiger charge is 2.36. The van der Waals surface area contributed by atoms with Crippen LogP contribution >= 0.6 is 0 Å². The molecule has 0 spiro atoms. The van der Waals surface area contributed by atoms with Crippen LogP contribution in [0.2, 0.25) is 0 Å². The van der Waals surface area contributed by atoms with Gasteiger partial charge in [-0.15, -0.1) is 0 Å². The van der Waals surface area contributed by atoms with Gasteiger partial charge in [-0.1, -0.05) is 60.7 Å². The highest BCUT2D eigenvalue weighted by atomic mass is 19.4. The van der Waals surface area contributed by atoms with Gasteiger partial charge in [0.15, 0.2) is 0 Å². The number of fused-ring (bicyclic) bond motifs is 1. The standard InChI is InChI=1S/C34H26F5N3O/c35-30-12-11-24(17-29(30)34(37,38)39)43-25-15-23(16-25)41-20-27-26-13-14-40-19-28(26)32(18-31(27)36)42-33(21-7-3-1-4-8-21)22-9-5-2-6-10-22/h1-14,17-19,23,25,41H,15-16,20H2/t23-,25-. The number of hydrogen-bond acceptors (Lipinski definition) is 4. The predicted molar refractivity (Wildman–Crippen MR) is 156 cm³/mol. The van der Waals surface area contributed by atoms with E-state index < -0.39 is 23.4 Å². The van der Waals surface area contributed by atoms with E-state index in [4.69, 9.17) is 9.73 Å². The Labute approximate surface area is 244 Å². The van der Waals surface area contributed by atoms with Crippen LogP contribution in [0.3, 0.4) is 0 Å². The molecule has 4 aromatic carbocycles. The first-order valence-corrected chi connectivity index (χ1v) is 13.8. The van der Waals surface area contributed by atoms with Crippen molar-refractivity contribution in [2.45, 2.75) is 37.7 Å². The Morgan fingerprint density at radius 2 is 1.51 bits per heavy atom. The van der Waals surface area contributed by atoms with E-state index in [0.717, 1.165) is 17.2 Å². The topological polar surface area (TPSA) is 46.5 Å². The highest BCUT2D eigenvalue weighted by Crippen LogP contribution is 2.36. The molecule has 9 heteroatoms. The molecule has 0 atom stereocenters. The molecule has 6 rings (SSSR count). The lowest BCUT2D eigenvalue weighted by Gasteiger charge is -2.36. The minimum atomic E-state index is -4.80. The molecule has 4 nitrogen and oxygen atoms in total. The zero-order valence-electron chi connectivity index (χ0n) is 22.8. The van der Waals surface area contributed by atoms with E-state index in [1.54, 1.807) is 18.5 Å². The number of ether oxygens (including phenoxy) is 1. The first-order valence-electron chi connectivity index (χ1n) is 13.8. The highest BCUT2D eigenvalue weighted by molar-refractivity contribution is 6.15. The second kappa shape index (κ2) is 11.9. The van der Waals surface area contributed by atoms with Crippen molar-refractivity contribution in [3.63, 3.8) is 0 Å². The van der Waals surface area contributed by atoms with E-state index in [1.807, 2.05) is 60.7 Å². The van der Waals surface area contributed by atoms with Crippen LogP contribution in [0, 0.1) is 11.6 Å². The van der Waals surface area contributed by atoms with Crippen molar-refractivity contribution >= 4 is 22.2 Å². The van der Waals surface area contributed by atoms with Gasteiger partial charge in [-0.25, -0.2) is 13.8 Å². The Hall–Kier alpha value is -4.63. The summed E-state index contributed by atoms with van der Waals surface area (Å²) in [5, 5.41) is 4.71. The van der Waals surface area contributed by atoms with Crippen molar-refractivity contribution in [3.05, 3.63) is 137 Å². The van der Waals surface area contributed by atoms with E-state index in [-0.39, 0.29) is 24.4 Å². The number of hydrogen-bond donors (Lipinski definition) is 1. The van der Waals surface area contributed by atoms with E-state index in [9.17, 15) is 17.6 Å². The molecule has 1 aliphatic carbocycles. The van der Waals surface area contributed by atoms with Gasteiger partial charge in [0.2, 0.25) is 0 Å². The Kier molecular flexibility index (Phi) is 7.90. The van der Waals surface area contributed by atoms with Crippen molar-refractivity contribution in [3.8, 4) is 5.75 Å². The molecule has 0 unspecified atom stereocenters. The lowest BCUT2D eigenvalue weighted by Crippen LogP contribution is -2.46. The first kappa shape index (κ1) is 28.5. The number of alkyl halides is 3. The summed E-state index contributed by atoms with van der Waals surface area (Å²) in [5.74, 6) is -1.79. The quantitative estimate of drug-likeness (QED) is 0.147. The maximum absolute atomic E-state index is 15.7. The third-order valence-electron chi connectivity index (χ3n) is 7.51. The van der Waals surface area contributed by atoms with Gasteiger partial charge in [0.1, 0.15) is 23.5 Å². The van der Waals surface area contributed by atoms with Gasteiger partial charge in [0.25, 0.3) is 0 Å². The van der Waals surface area contributed by atoms with Crippen molar-refractivity contribution in [1.29, 1.82) is 0 Å². The summed E-state index contributed by atoms with van der Waals surface area (Å²) in [4.78, 5) is 9.21. The molecule has 1 heterocycles. The monoisotopic (exact) mass is 587 g/mol. The molecular formula is C34H26F5N3O. The predicted octanol–water partition coefficient (Wildman–Crippen LogP) is 8.40. The van der Waals surface area contributed by atoms with Gasteiger partial charge in [-0.2, -0.15) is 13.2 Å². The normalized spacial score (nSPS) is 16.5. The third-order valence-corrected chi connectivity index (χ3v) is 7.51. The molecule has 0 saturated heterocycles. The fourth-order valence-electron chi connectivity index (χ4n) is 5.22. The number of nitrogens with one attached hydrogen (secondary N) is 1. The molecule has 1 N–H and O–H groups in total. The van der Waals surface area contributed by atoms with Crippen molar-refractivity contribution in [1.82, 2.24) is 10.3 Å². The van der Waals surface area contributed by atoms with Crippen LogP contribution in [0.1, 0.15) is 35.1 Å². The van der Waals surface area contributed by atoms with Crippen LogP contribution < -0.4 is 10.1 Å². The SMILES string of the molecule is Fc1ccc(O[C@H]2C[C@H](NCc3c(F)cc(N=C(c4ccccc4)c4ccccc4)c4cnccc34)C2)cc1C(F)(F)F. The molecule has 5 aromatic rings. The summed E-state index contributed by atoms with van der Waals surface area (Å²) >= 11 is 0. The second-order valence-corrected chi connectivity index (χ2v) is 10.4. The fraction of sp³-hybridized carbons (Fsp3) is 0.176.